The van der Waals surface area contributed by atoms with Gasteiger partial charge in [0.05, 0.1) is 4.47 Å². The first-order chi connectivity index (χ1) is 16.1. The molecular weight excluding hydrogens is 496 g/mol. The van der Waals surface area contributed by atoms with Crippen molar-refractivity contribution >= 4 is 56.1 Å². The molecule has 9 nitrogen and oxygen atoms in total. The van der Waals surface area contributed by atoms with Crippen LogP contribution in [0.3, 0.4) is 0 Å². The molecular formula is C24H31BrN8O. The van der Waals surface area contributed by atoms with Crippen LogP contribution in [0.4, 0.5) is 27.9 Å². The number of aromatic nitrogens is 3. The predicted molar refractivity (Wildman–Crippen MR) is 141 cm³/mol. The number of nitrogens with one attached hydrogen (secondary N) is 4. The Morgan fingerprint density at radius 3 is 2.44 bits per heavy atom. The number of halogens is 1. The molecule has 1 saturated heterocycles. The molecule has 2 aromatic heterocycles. The summed E-state index contributed by atoms with van der Waals surface area (Å²) in [5, 5.41) is 13.2. The molecule has 0 spiro atoms. The van der Waals surface area contributed by atoms with Crippen molar-refractivity contribution in [1.29, 1.82) is 0 Å². The SMILES string of the molecule is CC1CN(c2ccc(Nc3ncc4cc(Br)c(NC(=O)NC(C)(C)C)nc4n3)cc2)CC(C)N1. The summed E-state index contributed by atoms with van der Waals surface area (Å²) < 4.78 is 0.653. The van der Waals surface area contributed by atoms with E-state index in [4.69, 9.17) is 0 Å². The van der Waals surface area contributed by atoms with E-state index >= 15 is 0 Å². The average Bonchev–Trinajstić information content (AvgIpc) is 2.73. The Bertz CT molecular complexity index is 1170. The maximum Gasteiger partial charge on any atom is 0.320 e. The van der Waals surface area contributed by atoms with Crippen molar-refractivity contribution < 1.29 is 4.79 Å². The molecule has 2 unspecified atom stereocenters. The van der Waals surface area contributed by atoms with E-state index in [1.165, 1.54) is 5.69 Å². The van der Waals surface area contributed by atoms with Gasteiger partial charge in [-0.05, 0) is 80.9 Å². The Kier molecular flexibility index (Phi) is 6.90. The van der Waals surface area contributed by atoms with Gasteiger partial charge in [-0.3, -0.25) is 5.32 Å². The van der Waals surface area contributed by atoms with Gasteiger partial charge in [0.1, 0.15) is 0 Å². The van der Waals surface area contributed by atoms with E-state index in [2.05, 4.69) is 83.0 Å². The van der Waals surface area contributed by atoms with Gasteiger partial charge >= 0.3 is 6.03 Å². The lowest BCUT2D eigenvalue weighted by Crippen LogP contribution is -2.54. The minimum absolute atomic E-state index is 0.333. The molecule has 1 aliphatic heterocycles. The number of carbonyl (C=O) groups is 1. The average molecular weight is 527 g/mol. The van der Waals surface area contributed by atoms with Crippen LogP contribution in [-0.2, 0) is 0 Å². The van der Waals surface area contributed by atoms with E-state index in [1.54, 1.807) is 6.20 Å². The largest absolute Gasteiger partial charge is 0.368 e. The second-order valence-electron chi connectivity index (χ2n) is 9.80. The van der Waals surface area contributed by atoms with Crippen LogP contribution in [0, 0.1) is 0 Å². The monoisotopic (exact) mass is 526 g/mol. The molecule has 0 radical (unpaired) electrons. The third kappa shape index (κ3) is 6.12. The summed E-state index contributed by atoms with van der Waals surface area (Å²) >= 11 is 3.46. The number of nitrogens with zero attached hydrogens (tertiary/aromatic N) is 4. The number of carbonyl (C=O) groups excluding carboxylic acids is 1. The quantitative estimate of drug-likeness (QED) is 0.392. The van der Waals surface area contributed by atoms with E-state index in [9.17, 15) is 4.79 Å². The Balaban J connectivity index is 1.49. The lowest BCUT2D eigenvalue weighted by Gasteiger charge is -2.37. The van der Waals surface area contributed by atoms with Crippen molar-refractivity contribution in [2.75, 3.05) is 28.6 Å². The zero-order valence-electron chi connectivity index (χ0n) is 20.1. The van der Waals surface area contributed by atoms with Crippen LogP contribution in [0.2, 0.25) is 0 Å². The summed E-state index contributed by atoms with van der Waals surface area (Å²) in [6.07, 6.45) is 1.71. The molecule has 0 saturated carbocycles. The fourth-order valence-electron chi connectivity index (χ4n) is 3.99. The van der Waals surface area contributed by atoms with Crippen LogP contribution in [0.5, 0.6) is 0 Å². The molecule has 1 aliphatic rings. The molecule has 1 aromatic carbocycles. The fraction of sp³-hybridized carbons (Fsp3) is 0.417. The van der Waals surface area contributed by atoms with Gasteiger partial charge in [0.25, 0.3) is 0 Å². The van der Waals surface area contributed by atoms with Gasteiger partial charge < -0.3 is 20.9 Å². The summed E-state index contributed by atoms with van der Waals surface area (Å²) in [7, 11) is 0. The Labute approximate surface area is 208 Å². The fourth-order valence-corrected chi connectivity index (χ4v) is 4.42. The number of urea groups is 1. The number of benzene rings is 1. The van der Waals surface area contributed by atoms with Crippen LogP contribution in [-0.4, -0.2) is 51.7 Å². The smallest absolute Gasteiger partial charge is 0.320 e. The first kappa shape index (κ1) is 24.2. The maximum absolute atomic E-state index is 12.3. The molecule has 10 heteroatoms. The number of anilines is 4. The number of fused-ring (bicyclic) bond motifs is 1. The van der Waals surface area contributed by atoms with Gasteiger partial charge in [-0.25, -0.2) is 14.8 Å². The number of pyridine rings is 1. The Morgan fingerprint density at radius 1 is 1.12 bits per heavy atom. The highest BCUT2D eigenvalue weighted by Crippen LogP contribution is 2.26. The second-order valence-corrected chi connectivity index (χ2v) is 10.7. The zero-order valence-corrected chi connectivity index (χ0v) is 21.7. The first-order valence-corrected chi connectivity index (χ1v) is 12.2. The zero-order chi connectivity index (χ0) is 24.5. The summed E-state index contributed by atoms with van der Waals surface area (Å²) in [6.45, 7) is 12.1. The highest BCUT2D eigenvalue weighted by Gasteiger charge is 2.21. The number of amides is 2. The lowest BCUT2D eigenvalue weighted by molar-refractivity contribution is 0.243. The third-order valence-corrected chi connectivity index (χ3v) is 5.89. The van der Waals surface area contributed by atoms with Crippen molar-refractivity contribution in [1.82, 2.24) is 25.6 Å². The maximum atomic E-state index is 12.3. The third-order valence-electron chi connectivity index (χ3n) is 5.29. The van der Waals surface area contributed by atoms with E-state index in [-0.39, 0.29) is 11.6 Å². The summed E-state index contributed by atoms with van der Waals surface area (Å²) in [6, 6.07) is 10.7. The summed E-state index contributed by atoms with van der Waals surface area (Å²) in [4.78, 5) is 28.1. The number of hydrogen-bond acceptors (Lipinski definition) is 7. The highest BCUT2D eigenvalue weighted by molar-refractivity contribution is 9.10. The minimum Gasteiger partial charge on any atom is -0.368 e. The van der Waals surface area contributed by atoms with Crippen LogP contribution in [0.15, 0.2) is 41.0 Å². The van der Waals surface area contributed by atoms with Crippen LogP contribution >= 0.6 is 15.9 Å². The minimum atomic E-state index is -0.358. The van der Waals surface area contributed by atoms with Crippen LogP contribution in [0.25, 0.3) is 11.0 Å². The molecule has 3 aromatic rings. The highest BCUT2D eigenvalue weighted by atomic mass is 79.9. The van der Waals surface area contributed by atoms with Gasteiger partial charge in [0, 0.05) is 53.7 Å². The van der Waals surface area contributed by atoms with E-state index in [0.717, 1.165) is 24.2 Å². The molecule has 0 bridgehead atoms. The van der Waals surface area contributed by atoms with Crippen LogP contribution in [0.1, 0.15) is 34.6 Å². The number of hydrogen-bond donors (Lipinski definition) is 4. The molecule has 180 valence electrons. The van der Waals surface area contributed by atoms with Crippen molar-refractivity contribution in [3.63, 3.8) is 0 Å². The predicted octanol–water partition coefficient (Wildman–Crippen LogP) is 4.64. The van der Waals surface area contributed by atoms with Crippen molar-refractivity contribution in [3.05, 3.63) is 41.0 Å². The summed E-state index contributed by atoms with van der Waals surface area (Å²) in [5.74, 6) is 0.826. The van der Waals surface area contributed by atoms with Crippen LogP contribution < -0.4 is 26.2 Å². The van der Waals surface area contributed by atoms with Gasteiger partial charge in [-0.1, -0.05) is 0 Å². The second kappa shape index (κ2) is 9.71. The topological polar surface area (TPSA) is 107 Å². The lowest BCUT2D eigenvalue weighted by atomic mass is 10.1. The molecule has 34 heavy (non-hydrogen) atoms. The van der Waals surface area contributed by atoms with E-state index in [0.29, 0.717) is 34.0 Å². The Morgan fingerprint density at radius 2 is 1.79 bits per heavy atom. The summed E-state index contributed by atoms with van der Waals surface area (Å²) in [5.41, 5.74) is 2.20. The van der Waals surface area contributed by atoms with Gasteiger partial charge in [-0.15, -0.1) is 0 Å². The molecule has 4 rings (SSSR count). The standard InChI is InChI=1S/C24H31BrN8O/c1-14-12-33(13-15(2)27-14)18-8-6-17(7-9-18)28-22-26-11-16-10-19(25)21(29-20(16)30-22)31-23(34)32-24(3,4)5/h6-11,14-15,27H,12-13H2,1-5H3,(H3,26,28,29,30,31,32,34). The Hall–Kier alpha value is -2.98. The first-order valence-electron chi connectivity index (χ1n) is 11.4. The number of rotatable bonds is 4. The van der Waals surface area contributed by atoms with Crippen molar-refractivity contribution in [3.8, 4) is 0 Å². The molecule has 3 heterocycles. The van der Waals surface area contributed by atoms with Gasteiger partial charge in [0.2, 0.25) is 5.95 Å². The normalized spacial score (nSPS) is 18.6. The molecule has 2 atom stereocenters. The number of piperazine rings is 1. The molecule has 0 aliphatic carbocycles. The van der Waals surface area contributed by atoms with E-state index < -0.39 is 0 Å². The van der Waals surface area contributed by atoms with Gasteiger partial charge in [0.15, 0.2) is 11.5 Å². The van der Waals surface area contributed by atoms with Crippen molar-refractivity contribution in [2.45, 2.75) is 52.2 Å². The molecule has 4 N–H and O–H groups in total. The van der Waals surface area contributed by atoms with Gasteiger partial charge in [-0.2, -0.15) is 4.98 Å². The van der Waals surface area contributed by atoms with E-state index in [1.807, 2.05) is 39.0 Å². The molecule has 2 amide bonds. The van der Waals surface area contributed by atoms with Crippen molar-refractivity contribution in [2.24, 2.45) is 0 Å². The molecule has 1 fully saturated rings.